The van der Waals surface area contributed by atoms with Crippen LogP contribution in [-0.4, -0.2) is 82.6 Å². The topological polar surface area (TPSA) is 121 Å². The van der Waals surface area contributed by atoms with E-state index in [9.17, 15) is 19.5 Å². The monoisotopic (exact) mass is 794 g/mol. The molecule has 11 nitrogen and oxygen atoms in total. The van der Waals surface area contributed by atoms with Crippen LogP contribution < -0.4 is 5.32 Å². The molecule has 5 aromatic rings. The largest absolute Gasteiger partial charge is 0.445 e. The first-order chi connectivity index (χ1) is 28.9. The molecule has 304 valence electrons. The van der Waals surface area contributed by atoms with Gasteiger partial charge in [0.15, 0.2) is 6.29 Å². The summed E-state index contributed by atoms with van der Waals surface area (Å²) in [6.07, 6.45) is -1.03. The van der Waals surface area contributed by atoms with Gasteiger partial charge in [-0.25, -0.2) is 4.79 Å². The highest BCUT2D eigenvalue weighted by molar-refractivity contribution is 6.06. The Bertz CT molecular complexity index is 2190. The standard InChI is InChI=1S/C48H50N4O7/c53-32-35-17-19-38(20-18-35)44-27-42(31-51-23-21-50(22-24-51)29-34-9-3-1-4-10-34)58-47(59-44)41-16-8-15-40(26-41)39-14-7-13-37(25-39)30-52-45(54)28-43(46(52)55)49-48(56)57-33-36-11-5-2-6-12-36/h1-20,25-26,42-44,47,53H,21-24,27-33H2,(H,49,56). The van der Waals surface area contributed by atoms with E-state index in [4.69, 9.17) is 14.2 Å². The summed E-state index contributed by atoms with van der Waals surface area (Å²) in [5.74, 6) is -0.818. The van der Waals surface area contributed by atoms with Crippen LogP contribution >= 0.6 is 0 Å². The van der Waals surface area contributed by atoms with Crippen molar-refractivity contribution in [2.75, 3.05) is 32.7 Å². The molecule has 3 heterocycles. The second-order valence-electron chi connectivity index (χ2n) is 15.5. The van der Waals surface area contributed by atoms with E-state index in [0.717, 1.165) is 78.2 Å². The predicted molar refractivity (Wildman–Crippen MR) is 222 cm³/mol. The molecule has 3 aliphatic heterocycles. The quantitative estimate of drug-likeness (QED) is 0.125. The molecule has 0 spiro atoms. The van der Waals surface area contributed by atoms with Crippen LogP contribution in [0.3, 0.4) is 0 Å². The molecule has 0 aliphatic carbocycles. The number of ether oxygens (including phenoxy) is 3. The van der Waals surface area contributed by atoms with Crippen LogP contribution in [0.15, 0.2) is 133 Å². The third-order valence-electron chi connectivity index (χ3n) is 11.3. The van der Waals surface area contributed by atoms with Gasteiger partial charge in [0, 0.05) is 51.3 Å². The predicted octanol–water partition coefficient (Wildman–Crippen LogP) is 6.76. The Morgan fingerprint density at radius 1 is 0.678 bits per heavy atom. The molecule has 11 heteroatoms. The van der Waals surface area contributed by atoms with Crippen LogP contribution in [0.25, 0.3) is 11.1 Å². The van der Waals surface area contributed by atoms with Gasteiger partial charge in [-0.2, -0.15) is 0 Å². The summed E-state index contributed by atoms with van der Waals surface area (Å²) in [4.78, 5) is 45.0. The molecule has 3 fully saturated rings. The average Bonchev–Trinajstić information content (AvgIpc) is 3.54. The summed E-state index contributed by atoms with van der Waals surface area (Å²) in [7, 11) is 0. The second-order valence-corrected chi connectivity index (χ2v) is 15.5. The van der Waals surface area contributed by atoms with E-state index in [1.807, 2.05) is 97.1 Å². The van der Waals surface area contributed by atoms with Gasteiger partial charge in [0.2, 0.25) is 5.91 Å². The number of alkyl carbamates (subject to hydrolysis) is 1. The Labute approximate surface area is 345 Å². The number of aliphatic hydroxyl groups is 1. The van der Waals surface area contributed by atoms with E-state index in [0.29, 0.717) is 6.42 Å². The zero-order chi connectivity index (χ0) is 40.6. The number of benzene rings is 5. The minimum atomic E-state index is -0.981. The molecule has 0 radical (unpaired) electrons. The summed E-state index contributed by atoms with van der Waals surface area (Å²) in [6.45, 7) is 5.80. The van der Waals surface area contributed by atoms with Crippen LogP contribution in [0.1, 0.15) is 58.6 Å². The van der Waals surface area contributed by atoms with E-state index < -0.39 is 24.3 Å². The number of carbonyl (C=O) groups excluding carboxylic acids is 3. The lowest BCUT2D eigenvalue weighted by Gasteiger charge is -2.41. The zero-order valence-corrected chi connectivity index (χ0v) is 33.0. The van der Waals surface area contributed by atoms with Crippen LogP contribution in [0.5, 0.6) is 0 Å². The molecule has 2 N–H and O–H groups in total. The number of carbonyl (C=O) groups is 3. The number of piperazine rings is 1. The Morgan fingerprint density at radius 2 is 1.34 bits per heavy atom. The highest BCUT2D eigenvalue weighted by Gasteiger charge is 2.40. The lowest BCUT2D eigenvalue weighted by atomic mass is 9.98. The van der Waals surface area contributed by atoms with Gasteiger partial charge in [-0.3, -0.25) is 24.3 Å². The number of aliphatic hydroxyl groups excluding tert-OH is 1. The zero-order valence-electron chi connectivity index (χ0n) is 33.0. The van der Waals surface area contributed by atoms with E-state index in [-0.39, 0.29) is 44.3 Å². The molecule has 3 aliphatic rings. The van der Waals surface area contributed by atoms with Crippen molar-refractivity contribution in [3.05, 3.63) is 167 Å². The molecule has 4 unspecified atom stereocenters. The van der Waals surface area contributed by atoms with Crippen LogP contribution in [0.2, 0.25) is 0 Å². The number of imide groups is 1. The number of nitrogens with zero attached hydrogens (tertiary/aromatic N) is 3. The fourth-order valence-electron chi connectivity index (χ4n) is 8.06. The third kappa shape index (κ3) is 10.3. The number of hydrogen-bond donors (Lipinski definition) is 2. The minimum absolute atomic E-state index is 0.0151. The normalized spacial score (nSPS) is 21.4. The van der Waals surface area contributed by atoms with E-state index >= 15 is 0 Å². The number of rotatable bonds is 13. The maximum absolute atomic E-state index is 13.3. The smallest absolute Gasteiger partial charge is 0.408 e. The van der Waals surface area contributed by atoms with Crippen molar-refractivity contribution in [1.82, 2.24) is 20.0 Å². The molecule has 0 saturated carbocycles. The summed E-state index contributed by atoms with van der Waals surface area (Å²) in [5, 5.41) is 12.2. The van der Waals surface area contributed by atoms with Crippen molar-refractivity contribution in [2.45, 2.75) is 63.7 Å². The minimum Gasteiger partial charge on any atom is -0.445 e. The number of amides is 3. The van der Waals surface area contributed by atoms with Gasteiger partial charge in [0.05, 0.1) is 31.8 Å². The molecule has 3 amide bonds. The number of nitrogens with one attached hydrogen (secondary N) is 1. The molecule has 4 atom stereocenters. The average molecular weight is 795 g/mol. The van der Waals surface area contributed by atoms with Crippen LogP contribution in [-0.2, 0) is 50.1 Å². The Kier molecular flexibility index (Phi) is 12.9. The van der Waals surface area contributed by atoms with Crippen molar-refractivity contribution < 1.29 is 33.7 Å². The van der Waals surface area contributed by atoms with Crippen molar-refractivity contribution in [3.63, 3.8) is 0 Å². The Hall–Kier alpha value is -5.69. The molecule has 8 rings (SSSR count). The van der Waals surface area contributed by atoms with Crippen molar-refractivity contribution in [1.29, 1.82) is 0 Å². The van der Waals surface area contributed by atoms with Gasteiger partial charge in [-0.05, 0) is 51.1 Å². The van der Waals surface area contributed by atoms with E-state index in [1.54, 1.807) is 0 Å². The van der Waals surface area contributed by atoms with Crippen LogP contribution in [0, 0.1) is 0 Å². The first-order valence-corrected chi connectivity index (χ1v) is 20.4. The second kappa shape index (κ2) is 18.9. The Balaban J connectivity index is 0.926. The molecule has 0 aromatic heterocycles. The van der Waals surface area contributed by atoms with Gasteiger partial charge < -0.3 is 24.6 Å². The van der Waals surface area contributed by atoms with Gasteiger partial charge in [0.25, 0.3) is 5.91 Å². The SMILES string of the molecule is O=C(NC1CC(=O)N(Cc2cccc(-c3cccc(C4OC(CN5CCN(Cc6ccccc6)CC5)CC(c5ccc(CO)cc5)O4)c3)c2)C1=O)OCc1ccccc1. The van der Waals surface area contributed by atoms with Crippen molar-refractivity contribution in [3.8, 4) is 11.1 Å². The molecule has 3 saturated heterocycles. The van der Waals surface area contributed by atoms with E-state index in [1.165, 1.54) is 10.5 Å². The first kappa shape index (κ1) is 40.1. The summed E-state index contributed by atoms with van der Waals surface area (Å²) in [5.41, 5.74) is 7.58. The van der Waals surface area contributed by atoms with Gasteiger partial charge >= 0.3 is 6.09 Å². The van der Waals surface area contributed by atoms with Crippen LogP contribution in [0.4, 0.5) is 4.79 Å². The third-order valence-corrected chi connectivity index (χ3v) is 11.3. The van der Waals surface area contributed by atoms with Gasteiger partial charge in [-0.1, -0.05) is 121 Å². The van der Waals surface area contributed by atoms with Gasteiger partial charge in [-0.15, -0.1) is 0 Å². The van der Waals surface area contributed by atoms with Gasteiger partial charge in [0.1, 0.15) is 12.6 Å². The van der Waals surface area contributed by atoms with Crippen molar-refractivity contribution in [2.24, 2.45) is 0 Å². The molecular formula is C48H50N4O7. The summed E-state index contributed by atoms with van der Waals surface area (Å²) >= 11 is 0. The van der Waals surface area contributed by atoms with Crippen molar-refractivity contribution >= 4 is 17.9 Å². The summed E-state index contributed by atoms with van der Waals surface area (Å²) < 4.78 is 18.7. The molecular weight excluding hydrogens is 745 g/mol. The number of likely N-dealkylation sites (tertiary alicyclic amines) is 1. The molecule has 0 bridgehead atoms. The lowest BCUT2D eigenvalue weighted by molar-refractivity contribution is -0.253. The fourth-order valence-corrected chi connectivity index (χ4v) is 8.06. The molecule has 59 heavy (non-hydrogen) atoms. The maximum atomic E-state index is 13.3. The summed E-state index contributed by atoms with van der Waals surface area (Å²) in [6, 6.07) is 42.7. The molecule has 5 aromatic carbocycles. The highest BCUT2D eigenvalue weighted by atomic mass is 16.7. The maximum Gasteiger partial charge on any atom is 0.408 e. The Morgan fingerprint density at radius 3 is 2.07 bits per heavy atom. The number of hydrogen-bond acceptors (Lipinski definition) is 9. The fraction of sp³-hybridized carbons (Fsp3) is 0.312. The first-order valence-electron chi connectivity index (χ1n) is 20.4. The van der Waals surface area contributed by atoms with E-state index in [2.05, 4.69) is 51.5 Å². The lowest BCUT2D eigenvalue weighted by Crippen LogP contribution is -2.49. The highest BCUT2D eigenvalue weighted by Crippen LogP contribution is 2.39.